The lowest BCUT2D eigenvalue weighted by molar-refractivity contribution is -0.122. The Balaban J connectivity index is 1.67. The van der Waals surface area contributed by atoms with Gasteiger partial charge >= 0.3 is 6.03 Å². The zero-order valence-corrected chi connectivity index (χ0v) is 21.9. The number of urea groups is 1. The van der Waals surface area contributed by atoms with Gasteiger partial charge in [0.15, 0.2) is 11.5 Å². The lowest BCUT2D eigenvalue weighted by Gasteiger charge is -2.26. The molecule has 1 aliphatic heterocycles. The summed E-state index contributed by atoms with van der Waals surface area (Å²) in [5.41, 5.74) is 2.32. The molecule has 7 nitrogen and oxygen atoms in total. The van der Waals surface area contributed by atoms with Crippen molar-refractivity contribution < 1.29 is 23.9 Å². The maximum atomic E-state index is 13.3. The molecule has 1 saturated heterocycles. The number of barbiturate groups is 1. The molecule has 0 bridgehead atoms. The lowest BCUT2D eigenvalue weighted by atomic mass is 10.1. The molecule has 1 fully saturated rings. The third-order valence-electron chi connectivity index (χ3n) is 5.42. The molecule has 0 atom stereocenters. The van der Waals surface area contributed by atoms with E-state index in [-0.39, 0.29) is 11.3 Å². The molecule has 0 aliphatic carbocycles. The average Bonchev–Trinajstić information content (AvgIpc) is 2.85. The Bertz CT molecular complexity index is 1370. The van der Waals surface area contributed by atoms with Crippen LogP contribution in [0.25, 0.3) is 6.08 Å². The van der Waals surface area contributed by atoms with E-state index in [1.54, 1.807) is 31.2 Å². The zero-order chi connectivity index (χ0) is 25.8. The van der Waals surface area contributed by atoms with Crippen molar-refractivity contribution in [3.8, 4) is 11.5 Å². The highest BCUT2D eigenvalue weighted by atomic mass is 79.9. The molecule has 3 aromatic carbocycles. The number of halogens is 2. The first-order valence-electron chi connectivity index (χ1n) is 11.1. The van der Waals surface area contributed by atoms with E-state index in [4.69, 9.17) is 21.1 Å². The van der Waals surface area contributed by atoms with Crippen molar-refractivity contribution in [3.63, 3.8) is 0 Å². The minimum atomic E-state index is -0.846. The minimum Gasteiger partial charge on any atom is -0.490 e. The van der Waals surface area contributed by atoms with E-state index < -0.39 is 17.8 Å². The number of nitrogens with zero attached hydrogens (tertiary/aromatic N) is 1. The molecule has 1 N–H and O–H groups in total. The van der Waals surface area contributed by atoms with Gasteiger partial charge < -0.3 is 9.47 Å². The van der Waals surface area contributed by atoms with Gasteiger partial charge in [0.25, 0.3) is 11.8 Å². The number of carbonyl (C=O) groups excluding carboxylic acids is 3. The topological polar surface area (TPSA) is 84.9 Å². The average molecular weight is 570 g/mol. The fourth-order valence-electron chi connectivity index (χ4n) is 3.55. The number of imide groups is 2. The van der Waals surface area contributed by atoms with Crippen LogP contribution in [-0.4, -0.2) is 24.5 Å². The number of amides is 4. The molecule has 4 amide bonds. The van der Waals surface area contributed by atoms with Crippen LogP contribution in [0.2, 0.25) is 5.02 Å². The number of ether oxygens (including phenoxy) is 2. The van der Waals surface area contributed by atoms with Crippen LogP contribution in [0.3, 0.4) is 0 Å². The van der Waals surface area contributed by atoms with E-state index in [0.717, 1.165) is 16.0 Å². The summed E-state index contributed by atoms with van der Waals surface area (Å²) in [6.45, 7) is 4.37. The van der Waals surface area contributed by atoms with Gasteiger partial charge in [-0.1, -0.05) is 63.9 Å². The quantitative estimate of drug-likeness (QED) is 0.276. The van der Waals surface area contributed by atoms with E-state index in [9.17, 15) is 14.4 Å². The van der Waals surface area contributed by atoms with Crippen LogP contribution in [-0.2, 0) is 16.2 Å². The molecule has 0 radical (unpaired) electrons. The molecule has 0 spiro atoms. The Labute approximate surface area is 221 Å². The molecule has 0 aromatic heterocycles. The number of rotatable bonds is 7. The van der Waals surface area contributed by atoms with E-state index in [1.165, 1.54) is 12.1 Å². The fourth-order valence-corrected chi connectivity index (χ4v) is 4.16. The summed E-state index contributed by atoms with van der Waals surface area (Å²) in [7, 11) is 0. The van der Waals surface area contributed by atoms with Gasteiger partial charge in [0.1, 0.15) is 12.2 Å². The number of carbonyl (C=O) groups is 3. The maximum Gasteiger partial charge on any atom is 0.335 e. The van der Waals surface area contributed by atoms with Gasteiger partial charge in [0, 0.05) is 9.50 Å². The van der Waals surface area contributed by atoms with Crippen molar-refractivity contribution in [2.75, 3.05) is 11.5 Å². The Morgan fingerprint density at radius 3 is 2.42 bits per heavy atom. The molecular formula is C27H22BrClN2O5. The largest absolute Gasteiger partial charge is 0.490 e. The van der Waals surface area contributed by atoms with Crippen LogP contribution < -0.4 is 19.7 Å². The first-order valence-corrected chi connectivity index (χ1v) is 12.3. The number of nitrogens with one attached hydrogen (secondary N) is 1. The minimum absolute atomic E-state index is 0.215. The molecule has 9 heteroatoms. The standard InChI is InChI=1S/C27H22BrClN2O5/c1-3-35-23-12-18(21(28)14-24(23)36-15-17-7-5-4-6-8-17)11-20-25(32)30-27(34)31(26(20)33)19-10-9-16(2)22(29)13-19/h4-14H,3,15H2,1-2H3,(H,30,32,34)/b20-11-. The molecule has 1 aliphatic rings. The number of anilines is 1. The van der Waals surface area contributed by atoms with Crippen LogP contribution in [0.5, 0.6) is 11.5 Å². The van der Waals surface area contributed by atoms with Crippen molar-refractivity contribution in [3.05, 3.63) is 92.4 Å². The maximum absolute atomic E-state index is 13.3. The van der Waals surface area contributed by atoms with Crippen molar-refractivity contribution in [2.24, 2.45) is 0 Å². The number of aryl methyl sites for hydroxylation is 1. The Hall–Kier alpha value is -3.62. The third kappa shape index (κ3) is 5.45. The summed E-state index contributed by atoms with van der Waals surface area (Å²) in [4.78, 5) is 39.3. The zero-order valence-electron chi connectivity index (χ0n) is 19.5. The summed E-state index contributed by atoms with van der Waals surface area (Å²) in [5, 5.41) is 2.61. The highest BCUT2D eigenvalue weighted by molar-refractivity contribution is 9.10. The number of hydrogen-bond acceptors (Lipinski definition) is 5. The Morgan fingerprint density at radius 1 is 1.00 bits per heavy atom. The lowest BCUT2D eigenvalue weighted by Crippen LogP contribution is -2.54. The molecule has 1 heterocycles. The van der Waals surface area contributed by atoms with Gasteiger partial charge in [-0.25, -0.2) is 9.69 Å². The number of benzene rings is 3. The van der Waals surface area contributed by atoms with Crippen molar-refractivity contribution in [1.82, 2.24) is 5.32 Å². The summed E-state index contributed by atoms with van der Waals surface area (Å²) in [5.74, 6) is -0.614. The highest BCUT2D eigenvalue weighted by Gasteiger charge is 2.37. The molecule has 0 unspecified atom stereocenters. The third-order valence-corrected chi connectivity index (χ3v) is 6.51. The van der Waals surface area contributed by atoms with Crippen molar-refractivity contribution in [2.45, 2.75) is 20.5 Å². The second-order valence-corrected chi connectivity index (χ2v) is 9.18. The Morgan fingerprint density at radius 2 is 1.72 bits per heavy atom. The fraction of sp³-hybridized carbons (Fsp3) is 0.148. The molecule has 184 valence electrons. The highest BCUT2D eigenvalue weighted by Crippen LogP contribution is 2.36. The van der Waals surface area contributed by atoms with Crippen molar-refractivity contribution >= 4 is 57.1 Å². The first-order chi connectivity index (χ1) is 17.3. The Kier molecular flexibility index (Phi) is 7.76. The van der Waals surface area contributed by atoms with Crippen LogP contribution in [0.1, 0.15) is 23.6 Å². The van der Waals surface area contributed by atoms with Gasteiger partial charge in [-0.05, 0) is 60.9 Å². The molecule has 4 rings (SSSR count). The van der Waals surface area contributed by atoms with Crippen molar-refractivity contribution in [1.29, 1.82) is 0 Å². The van der Waals surface area contributed by atoms with Gasteiger partial charge in [0.2, 0.25) is 0 Å². The summed E-state index contributed by atoms with van der Waals surface area (Å²) >= 11 is 9.68. The van der Waals surface area contributed by atoms with Gasteiger partial charge in [-0.2, -0.15) is 0 Å². The molecule has 0 saturated carbocycles. The smallest absolute Gasteiger partial charge is 0.335 e. The van der Waals surface area contributed by atoms with Gasteiger partial charge in [-0.15, -0.1) is 0 Å². The van der Waals surface area contributed by atoms with E-state index in [0.29, 0.717) is 39.8 Å². The SMILES string of the molecule is CCOc1cc(/C=C2/C(=O)NC(=O)N(c3ccc(C)c(Cl)c3)C2=O)c(Br)cc1OCc1ccccc1. The summed E-state index contributed by atoms with van der Waals surface area (Å²) < 4.78 is 12.3. The van der Waals surface area contributed by atoms with Gasteiger partial charge in [-0.3, -0.25) is 14.9 Å². The van der Waals surface area contributed by atoms with Crippen LogP contribution in [0, 0.1) is 6.92 Å². The molecule has 3 aromatic rings. The molecular weight excluding hydrogens is 548 g/mol. The summed E-state index contributed by atoms with van der Waals surface area (Å²) in [6, 6.07) is 17.0. The van der Waals surface area contributed by atoms with Crippen LogP contribution in [0.4, 0.5) is 10.5 Å². The van der Waals surface area contributed by atoms with E-state index >= 15 is 0 Å². The summed E-state index contributed by atoms with van der Waals surface area (Å²) in [6.07, 6.45) is 1.40. The van der Waals surface area contributed by atoms with E-state index in [2.05, 4.69) is 21.2 Å². The van der Waals surface area contributed by atoms with Gasteiger partial charge in [0.05, 0.1) is 12.3 Å². The van der Waals surface area contributed by atoms with Crippen LogP contribution in [0.15, 0.2) is 70.7 Å². The predicted octanol–water partition coefficient (Wildman–Crippen LogP) is 6.06. The van der Waals surface area contributed by atoms with Crippen LogP contribution >= 0.6 is 27.5 Å². The number of hydrogen-bond donors (Lipinski definition) is 1. The monoisotopic (exact) mass is 568 g/mol. The second kappa shape index (κ2) is 11.0. The second-order valence-electron chi connectivity index (χ2n) is 7.92. The first kappa shape index (κ1) is 25.5. The predicted molar refractivity (Wildman–Crippen MR) is 141 cm³/mol. The normalized spacial score (nSPS) is 14.7. The molecule has 36 heavy (non-hydrogen) atoms. The van der Waals surface area contributed by atoms with E-state index in [1.807, 2.05) is 37.3 Å².